The molecule has 1 N–H and O–H groups in total. The maximum absolute atomic E-state index is 12.1. The first-order valence-electron chi connectivity index (χ1n) is 6.56. The van der Waals surface area contributed by atoms with Gasteiger partial charge in [0.05, 0.1) is 6.04 Å². The highest BCUT2D eigenvalue weighted by Gasteiger charge is 2.31. The summed E-state index contributed by atoms with van der Waals surface area (Å²) in [5.74, 6) is -0.266. The average Bonchev–Trinajstić information content (AvgIpc) is 2.33. The van der Waals surface area contributed by atoms with Gasteiger partial charge in [-0.15, -0.1) is 17.9 Å². The van der Waals surface area contributed by atoms with Crippen LogP contribution in [0.5, 0.6) is 5.75 Å². The second-order valence-electron chi connectivity index (χ2n) is 5.58. The minimum atomic E-state index is -4.70. The standard InChI is InChI=1S/C14H20F3NO2S/c1-5-12(18-21(19)13(2,3)4)10-6-8-11(9-7-10)20-14(15,16)17/h6-9,12,18H,5H2,1-4H3/t12-,21-/m0/s1. The number of hydrogen-bond donors (Lipinski definition) is 1. The van der Waals surface area contributed by atoms with Crippen LogP contribution in [0.3, 0.4) is 0 Å². The lowest BCUT2D eigenvalue weighted by Gasteiger charge is -2.27. The lowest BCUT2D eigenvalue weighted by molar-refractivity contribution is -0.274. The van der Waals surface area contributed by atoms with E-state index in [1.807, 2.05) is 27.7 Å². The molecule has 0 saturated carbocycles. The molecule has 0 unspecified atom stereocenters. The van der Waals surface area contributed by atoms with Crippen LogP contribution in [0.4, 0.5) is 13.2 Å². The fourth-order valence-corrected chi connectivity index (χ4v) is 2.51. The van der Waals surface area contributed by atoms with E-state index in [9.17, 15) is 17.7 Å². The van der Waals surface area contributed by atoms with Crippen LogP contribution in [0.2, 0.25) is 0 Å². The maximum Gasteiger partial charge on any atom is 0.573 e. The van der Waals surface area contributed by atoms with Crippen LogP contribution in [0.15, 0.2) is 24.3 Å². The predicted octanol–water partition coefficient (Wildman–Crippen LogP) is 4.09. The molecule has 0 saturated heterocycles. The molecule has 0 radical (unpaired) electrons. The Bertz CT molecular complexity index is 443. The molecule has 1 aromatic carbocycles. The van der Waals surface area contributed by atoms with E-state index in [0.29, 0.717) is 6.42 Å². The normalized spacial score (nSPS) is 15.6. The molecule has 0 bridgehead atoms. The number of benzene rings is 1. The third-order valence-electron chi connectivity index (χ3n) is 2.73. The first-order chi connectivity index (χ1) is 9.53. The molecule has 120 valence electrons. The third-order valence-corrected chi connectivity index (χ3v) is 4.34. The van der Waals surface area contributed by atoms with Crippen LogP contribution in [0.1, 0.15) is 45.7 Å². The van der Waals surface area contributed by atoms with Crippen LogP contribution >= 0.6 is 0 Å². The van der Waals surface area contributed by atoms with E-state index >= 15 is 0 Å². The minimum Gasteiger partial charge on any atom is -0.598 e. The first kappa shape index (κ1) is 18.1. The van der Waals surface area contributed by atoms with Gasteiger partial charge in [0.25, 0.3) is 0 Å². The molecule has 2 atom stereocenters. The summed E-state index contributed by atoms with van der Waals surface area (Å²) >= 11 is -1.25. The molecule has 0 fully saturated rings. The highest BCUT2D eigenvalue weighted by Crippen LogP contribution is 2.26. The van der Waals surface area contributed by atoms with E-state index in [2.05, 4.69) is 9.46 Å². The summed E-state index contributed by atoms with van der Waals surface area (Å²) < 4.78 is 54.8. The summed E-state index contributed by atoms with van der Waals surface area (Å²) in [5.41, 5.74) is 0.768. The monoisotopic (exact) mass is 323 g/mol. The molecule has 7 heteroatoms. The summed E-state index contributed by atoms with van der Waals surface area (Å²) in [7, 11) is 0. The Morgan fingerprint density at radius 2 is 1.71 bits per heavy atom. The zero-order valence-electron chi connectivity index (χ0n) is 12.5. The highest BCUT2D eigenvalue weighted by molar-refractivity contribution is 7.90. The van der Waals surface area contributed by atoms with Crippen molar-refractivity contribution in [2.75, 3.05) is 0 Å². The van der Waals surface area contributed by atoms with Gasteiger partial charge in [-0.25, -0.2) is 0 Å². The summed E-state index contributed by atoms with van der Waals surface area (Å²) in [4.78, 5) is 0. The summed E-state index contributed by atoms with van der Waals surface area (Å²) in [5, 5.41) is 0. The summed E-state index contributed by atoms with van der Waals surface area (Å²) in [6, 6.07) is 5.41. The van der Waals surface area contributed by atoms with E-state index in [1.165, 1.54) is 12.1 Å². The second-order valence-corrected chi connectivity index (χ2v) is 7.57. The Morgan fingerprint density at radius 1 is 1.19 bits per heavy atom. The molecule has 0 aliphatic carbocycles. The van der Waals surface area contributed by atoms with Gasteiger partial charge in [0, 0.05) is 11.4 Å². The van der Waals surface area contributed by atoms with Crippen molar-refractivity contribution in [2.45, 2.75) is 51.3 Å². The smallest absolute Gasteiger partial charge is 0.573 e. The summed E-state index contributed by atoms with van der Waals surface area (Å²) in [6.07, 6.45) is -4.03. The molecule has 3 nitrogen and oxygen atoms in total. The fraction of sp³-hybridized carbons (Fsp3) is 0.571. The fourth-order valence-electron chi connectivity index (χ4n) is 1.59. The van der Waals surface area contributed by atoms with E-state index in [1.54, 1.807) is 12.1 Å². The summed E-state index contributed by atoms with van der Waals surface area (Å²) in [6.45, 7) is 7.47. The molecule has 0 aliphatic heterocycles. The zero-order chi connectivity index (χ0) is 16.3. The quantitative estimate of drug-likeness (QED) is 0.830. The van der Waals surface area contributed by atoms with Gasteiger partial charge in [0.1, 0.15) is 10.5 Å². The Morgan fingerprint density at radius 3 is 2.10 bits per heavy atom. The minimum absolute atomic E-state index is 0.190. The number of ether oxygens (including phenoxy) is 1. The number of nitrogens with one attached hydrogen (secondary N) is 1. The zero-order valence-corrected chi connectivity index (χ0v) is 13.3. The van der Waals surface area contributed by atoms with Crippen molar-refractivity contribution in [2.24, 2.45) is 0 Å². The van der Waals surface area contributed by atoms with Crippen molar-refractivity contribution in [3.8, 4) is 5.75 Å². The molecule has 0 amide bonds. The second kappa shape index (κ2) is 6.89. The van der Waals surface area contributed by atoms with Gasteiger partial charge in [0.2, 0.25) is 0 Å². The van der Waals surface area contributed by atoms with Crippen molar-refractivity contribution in [1.82, 2.24) is 4.72 Å². The Hall–Kier alpha value is -0.920. The largest absolute Gasteiger partial charge is 0.598 e. The van der Waals surface area contributed by atoms with E-state index < -0.39 is 22.5 Å². The molecular weight excluding hydrogens is 303 g/mol. The SMILES string of the molecule is CC[C@H](N[S@@+]([O-])C(C)(C)C)c1ccc(OC(F)(F)F)cc1. The molecule has 1 rings (SSSR count). The highest BCUT2D eigenvalue weighted by atomic mass is 32.2. The van der Waals surface area contributed by atoms with Gasteiger partial charge in [0.15, 0.2) is 0 Å². The first-order valence-corrected chi connectivity index (χ1v) is 7.71. The van der Waals surface area contributed by atoms with Crippen LogP contribution in [0.25, 0.3) is 0 Å². The lowest BCUT2D eigenvalue weighted by atomic mass is 10.1. The van der Waals surface area contributed by atoms with E-state index in [-0.39, 0.29) is 11.8 Å². The van der Waals surface area contributed by atoms with Crippen LogP contribution in [0, 0.1) is 0 Å². The number of rotatable bonds is 5. The Kier molecular flexibility index (Phi) is 5.95. The van der Waals surface area contributed by atoms with Gasteiger partial charge >= 0.3 is 6.36 Å². The predicted molar refractivity (Wildman–Crippen MR) is 77.2 cm³/mol. The van der Waals surface area contributed by atoms with E-state index in [0.717, 1.165) is 5.56 Å². The van der Waals surface area contributed by atoms with Crippen molar-refractivity contribution < 1.29 is 22.5 Å². The third kappa shape index (κ3) is 6.15. The van der Waals surface area contributed by atoms with Gasteiger partial charge < -0.3 is 9.29 Å². The van der Waals surface area contributed by atoms with Crippen molar-refractivity contribution in [3.05, 3.63) is 29.8 Å². The number of halogens is 3. The lowest BCUT2D eigenvalue weighted by Crippen LogP contribution is -2.41. The van der Waals surface area contributed by atoms with Crippen LogP contribution in [-0.4, -0.2) is 15.7 Å². The van der Waals surface area contributed by atoms with Gasteiger partial charge in [-0.05, 0) is 44.9 Å². The molecule has 0 heterocycles. The maximum atomic E-state index is 12.1. The topological polar surface area (TPSA) is 44.3 Å². The Labute approximate surface area is 126 Å². The van der Waals surface area contributed by atoms with Crippen molar-refractivity contribution in [1.29, 1.82) is 0 Å². The number of alkyl halides is 3. The van der Waals surface area contributed by atoms with Crippen LogP contribution < -0.4 is 9.46 Å². The molecule has 1 aromatic rings. The van der Waals surface area contributed by atoms with Crippen molar-refractivity contribution >= 4 is 11.4 Å². The molecular formula is C14H20F3NO2S. The Balaban J connectivity index is 2.78. The molecule has 21 heavy (non-hydrogen) atoms. The molecule has 0 aromatic heterocycles. The average molecular weight is 323 g/mol. The van der Waals surface area contributed by atoms with Gasteiger partial charge in [-0.1, -0.05) is 19.1 Å². The van der Waals surface area contributed by atoms with Crippen LogP contribution in [-0.2, 0) is 11.4 Å². The van der Waals surface area contributed by atoms with Gasteiger partial charge in [-0.3, -0.25) is 0 Å². The molecule has 0 spiro atoms. The van der Waals surface area contributed by atoms with Crippen molar-refractivity contribution in [3.63, 3.8) is 0 Å². The molecule has 0 aliphatic rings. The van der Waals surface area contributed by atoms with Gasteiger partial charge in [-0.2, -0.15) is 0 Å². The van der Waals surface area contributed by atoms with E-state index in [4.69, 9.17) is 0 Å². The number of hydrogen-bond acceptors (Lipinski definition) is 3.